The molecule has 3 rings (SSSR count). The number of piperidine rings is 1. The van der Waals surface area contributed by atoms with Crippen LogP contribution in [-0.4, -0.2) is 42.8 Å². The van der Waals surface area contributed by atoms with Gasteiger partial charge in [-0.05, 0) is 49.2 Å². The third-order valence-corrected chi connectivity index (χ3v) is 5.55. The van der Waals surface area contributed by atoms with Crippen molar-refractivity contribution >= 4 is 29.3 Å². The summed E-state index contributed by atoms with van der Waals surface area (Å²) >= 11 is 5.93. The van der Waals surface area contributed by atoms with Gasteiger partial charge in [0.05, 0.1) is 13.0 Å². The maximum absolute atomic E-state index is 13.2. The molecule has 1 aliphatic rings. The maximum atomic E-state index is 13.2. The number of ketones is 1. The van der Waals surface area contributed by atoms with Gasteiger partial charge in [-0.2, -0.15) is 0 Å². The number of amides is 1. The molecule has 1 unspecified atom stereocenters. The molecule has 1 amide bonds. The largest absolute Gasteiger partial charge is 0.497 e. The number of halogens is 1. The highest BCUT2D eigenvalue weighted by Gasteiger charge is 2.32. The van der Waals surface area contributed by atoms with E-state index in [1.54, 1.807) is 60.5 Å². The van der Waals surface area contributed by atoms with Crippen LogP contribution in [0.5, 0.6) is 5.75 Å². The molecule has 0 N–H and O–H groups in total. The zero-order valence-corrected chi connectivity index (χ0v) is 17.7. The van der Waals surface area contributed by atoms with Crippen LogP contribution in [0.25, 0.3) is 0 Å². The molecule has 1 atom stereocenters. The molecule has 2 aromatic carbocycles. The SMILES string of the molecule is COc1ccc(C(OC(=O)C2CCN(C(C)=O)CC2)C(=O)c2ccc(Cl)cc2)cc1. The Balaban J connectivity index is 1.80. The fraction of sp³-hybridized carbons (Fsp3) is 0.348. The molecule has 0 bridgehead atoms. The van der Waals surface area contributed by atoms with Gasteiger partial charge in [0.1, 0.15) is 5.75 Å². The summed E-state index contributed by atoms with van der Waals surface area (Å²) in [5.41, 5.74) is 0.963. The molecule has 0 spiro atoms. The van der Waals surface area contributed by atoms with Crippen molar-refractivity contribution in [1.29, 1.82) is 0 Å². The van der Waals surface area contributed by atoms with Gasteiger partial charge in [-0.3, -0.25) is 14.4 Å². The van der Waals surface area contributed by atoms with Gasteiger partial charge in [0.2, 0.25) is 11.7 Å². The van der Waals surface area contributed by atoms with Crippen molar-refractivity contribution in [1.82, 2.24) is 4.90 Å². The van der Waals surface area contributed by atoms with Gasteiger partial charge in [-0.25, -0.2) is 0 Å². The highest BCUT2D eigenvalue weighted by molar-refractivity contribution is 6.30. The Hall–Kier alpha value is -2.86. The number of carbonyl (C=O) groups is 3. The minimum absolute atomic E-state index is 0.00385. The van der Waals surface area contributed by atoms with Crippen molar-refractivity contribution in [2.45, 2.75) is 25.9 Å². The van der Waals surface area contributed by atoms with Crippen LogP contribution in [0.3, 0.4) is 0 Å². The topological polar surface area (TPSA) is 72.9 Å². The number of ether oxygens (including phenoxy) is 2. The van der Waals surface area contributed by atoms with E-state index in [9.17, 15) is 14.4 Å². The molecule has 158 valence electrons. The third-order valence-electron chi connectivity index (χ3n) is 5.29. The number of methoxy groups -OCH3 is 1. The summed E-state index contributed by atoms with van der Waals surface area (Å²) in [6.45, 7) is 2.53. The Labute approximate surface area is 180 Å². The van der Waals surface area contributed by atoms with Crippen LogP contribution in [0.15, 0.2) is 48.5 Å². The highest BCUT2D eigenvalue weighted by Crippen LogP contribution is 2.28. The lowest BCUT2D eigenvalue weighted by Gasteiger charge is -2.31. The van der Waals surface area contributed by atoms with E-state index < -0.39 is 12.1 Å². The van der Waals surface area contributed by atoms with Crippen molar-refractivity contribution < 1.29 is 23.9 Å². The molecule has 7 heteroatoms. The number of hydrogen-bond donors (Lipinski definition) is 0. The first-order valence-corrected chi connectivity index (χ1v) is 10.2. The first-order valence-electron chi connectivity index (χ1n) is 9.78. The molecule has 1 fully saturated rings. The lowest BCUT2D eigenvalue weighted by molar-refractivity contribution is -0.155. The van der Waals surface area contributed by atoms with Gasteiger partial charge in [-0.1, -0.05) is 23.7 Å². The molecular formula is C23H24ClNO5. The fourth-order valence-electron chi connectivity index (χ4n) is 3.46. The van der Waals surface area contributed by atoms with E-state index in [1.807, 2.05) is 0 Å². The lowest BCUT2D eigenvalue weighted by Crippen LogP contribution is -2.40. The highest BCUT2D eigenvalue weighted by atomic mass is 35.5. The maximum Gasteiger partial charge on any atom is 0.310 e. The van der Waals surface area contributed by atoms with Crippen LogP contribution < -0.4 is 4.74 Å². The van der Waals surface area contributed by atoms with E-state index in [-0.39, 0.29) is 17.6 Å². The summed E-state index contributed by atoms with van der Waals surface area (Å²) in [5, 5.41) is 0.516. The van der Waals surface area contributed by atoms with Crippen LogP contribution in [0.4, 0.5) is 0 Å². The van der Waals surface area contributed by atoms with Crippen LogP contribution >= 0.6 is 11.6 Å². The van der Waals surface area contributed by atoms with E-state index in [2.05, 4.69) is 0 Å². The summed E-state index contributed by atoms with van der Waals surface area (Å²) in [4.78, 5) is 39.2. The number of carbonyl (C=O) groups excluding carboxylic acids is 3. The van der Waals surface area contributed by atoms with Crippen LogP contribution in [-0.2, 0) is 14.3 Å². The van der Waals surface area contributed by atoms with Crippen molar-refractivity contribution in [2.24, 2.45) is 5.92 Å². The molecule has 0 saturated carbocycles. The standard InChI is InChI=1S/C23H24ClNO5/c1-15(26)25-13-11-18(12-14-25)23(28)30-22(17-5-9-20(29-2)10-6-17)21(27)16-3-7-19(24)8-4-16/h3-10,18,22H,11-14H2,1-2H3. The van der Waals surface area contributed by atoms with E-state index in [0.717, 1.165) is 0 Å². The second-order valence-corrected chi connectivity index (χ2v) is 7.68. The summed E-state index contributed by atoms with van der Waals surface area (Å²) in [5.74, 6) is -0.470. The summed E-state index contributed by atoms with van der Waals surface area (Å²) in [6, 6.07) is 13.3. The molecular weight excluding hydrogens is 406 g/mol. The normalized spacial score (nSPS) is 15.4. The van der Waals surface area contributed by atoms with E-state index in [1.165, 1.54) is 6.92 Å². The van der Waals surface area contributed by atoms with Gasteiger partial charge in [0.15, 0.2) is 6.10 Å². The molecule has 2 aromatic rings. The Morgan fingerprint density at radius 3 is 2.13 bits per heavy atom. The number of rotatable bonds is 6. The molecule has 0 aliphatic carbocycles. The molecule has 1 aliphatic heterocycles. The Kier molecular flexibility index (Phi) is 7.11. The van der Waals surface area contributed by atoms with Crippen LogP contribution in [0, 0.1) is 5.92 Å². The van der Waals surface area contributed by atoms with Crippen molar-refractivity contribution in [2.75, 3.05) is 20.2 Å². The Morgan fingerprint density at radius 1 is 1.00 bits per heavy atom. The van der Waals surface area contributed by atoms with Crippen molar-refractivity contribution in [3.05, 3.63) is 64.7 Å². The zero-order valence-electron chi connectivity index (χ0n) is 17.0. The van der Waals surface area contributed by atoms with Crippen molar-refractivity contribution in [3.8, 4) is 5.75 Å². The smallest absolute Gasteiger partial charge is 0.310 e. The molecule has 30 heavy (non-hydrogen) atoms. The van der Waals surface area contributed by atoms with E-state index in [4.69, 9.17) is 21.1 Å². The Bertz CT molecular complexity index is 902. The third kappa shape index (κ3) is 5.19. The predicted molar refractivity (Wildman–Crippen MR) is 113 cm³/mol. The zero-order chi connectivity index (χ0) is 21.7. The average Bonchev–Trinajstić information content (AvgIpc) is 2.77. The first kappa shape index (κ1) is 21.8. The molecule has 1 heterocycles. The summed E-state index contributed by atoms with van der Waals surface area (Å²) in [6.07, 6.45) is -0.0402. The van der Waals surface area contributed by atoms with Gasteiger partial charge in [-0.15, -0.1) is 0 Å². The van der Waals surface area contributed by atoms with Crippen LogP contribution in [0.2, 0.25) is 5.02 Å². The van der Waals surface area contributed by atoms with Gasteiger partial charge in [0.25, 0.3) is 0 Å². The van der Waals surface area contributed by atoms with Gasteiger partial charge < -0.3 is 14.4 Å². The number of benzene rings is 2. The minimum atomic E-state index is -1.07. The molecule has 1 saturated heterocycles. The number of Topliss-reactive ketones (excluding diaryl/α,β-unsaturated/α-hetero) is 1. The number of nitrogens with zero attached hydrogens (tertiary/aromatic N) is 1. The average molecular weight is 430 g/mol. The fourth-order valence-corrected chi connectivity index (χ4v) is 3.59. The monoisotopic (exact) mass is 429 g/mol. The van der Waals surface area contributed by atoms with Crippen molar-refractivity contribution in [3.63, 3.8) is 0 Å². The first-order chi connectivity index (χ1) is 14.4. The molecule has 6 nitrogen and oxygen atoms in total. The van der Waals surface area contributed by atoms with Gasteiger partial charge >= 0.3 is 5.97 Å². The van der Waals surface area contributed by atoms with Crippen LogP contribution in [0.1, 0.15) is 41.8 Å². The van der Waals surface area contributed by atoms with E-state index in [0.29, 0.717) is 47.8 Å². The second kappa shape index (κ2) is 9.76. The predicted octanol–water partition coefficient (Wildman–Crippen LogP) is 4.07. The Morgan fingerprint density at radius 2 is 1.60 bits per heavy atom. The minimum Gasteiger partial charge on any atom is -0.497 e. The van der Waals surface area contributed by atoms with E-state index >= 15 is 0 Å². The number of likely N-dealkylation sites (tertiary alicyclic amines) is 1. The molecule has 0 radical (unpaired) electrons. The quantitative estimate of drug-likeness (QED) is 0.511. The summed E-state index contributed by atoms with van der Waals surface area (Å²) < 4.78 is 10.9. The van der Waals surface area contributed by atoms with Gasteiger partial charge in [0, 0.05) is 36.2 Å². The molecule has 0 aromatic heterocycles. The number of esters is 1. The number of hydrogen-bond acceptors (Lipinski definition) is 5. The summed E-state index contributed by atoms with van der Waals surface area (Å²) in [7, 11) is 1.55. The lowest BCUT2D eigenvalue weighted by atomic mass is 9.96. The second-order valence-electron chi connectivity index (χ2n) is 7.24.